The van der Waals surface area contributed by atoms with Crippen LogP contribution in [0.1, 0.15) is 6.42 Å². The SMILES string of the molecule is COCCN(CCO)S(=O)(=O)N(C)CCCN. The van der Waals surface area contributed by atoms with Crippen LogP contribution in [-0.2, 0) is 14.9 Å². The summed E-state index contributed by atoms with van der Waals surface area (Å²) >= 11 is 0. The van der Waals surface area contributed by atoms with Crippen molar-refractivity contribution < 1.29 is 18.3 Å². The molecule has 0 aromatic carbocycles. The standard InChI is InChI=1S/C9H23N3O4S/c1-11(5-3-4-10)17(14,15)12(6-8-13)7-9-16-2/h13H,3-10H2,1-2H3. The first kappa shape index (κ1) is 16.8. The smallest absolute Gasteiger partial charge is 0.281 e. The molecule has 104 valence electrons. The molecule has 0 saturated heterocycles. The lowest BCUT2D eigenvalue weighted by Gasteiger charge is -2.26. The normalized spacial score (nSPS) is 12.6. The van der Waals surface area contributed by atoms with E-state index < -0.39 is 10.2 Å². The predicted octanol–water partition coefficient (Wildman–Crippen LogP) is -1.55. The molecule has 0 amide bonds. The van der Waals surface area contributed by atoms with E-state index >= 15 is 0 Å². The van der Waals surface area contributed by atoms with Crippen molar-refractivity contribution in [1.82, 2.24) is 8.61 Å². The maximum atomic E-state index is 12.1. The van der Waals surface area contributed by atoms with Crippen molar-refractivity contribution in [3.8, 4) is 0 Å². The monoisotopic (exact) mass is 269 g/mol. The minimum atomic E-state index is -3.54. The summed E-state index contributed by atoms with van der Waals surface area (Å²) in [5.41, 5.74) is 5.34. The van der Waals surface area contributed by atoms with Gasteiger partial charge in [-0.2, -0.15) is 17.0 Å². The Morgan fingerprint density at radius 2 is 1.94 bits per heavy atom. The minimum Gasteiger partial charge on any atom is -0.395 e. The maximum Gasteiger partial charge on any atom is 0.281 e. The van der Waals surface area contributed by atoms with Gasteiger partial charge in [0.05, 0.1) is 13.2 Å². The number of hydrogen-bond donors (Lipinski definition) is 2. The van der Waals surface area contributed by atoms with Crippen LogP contribution in [0.4, 0.5) is 0 Å². The summed E-state index contributed by atoms with van der Waals surface area (Å²) in [6, 6.07) is 0. The zero-order valence-electron chi connectivity index (χ0n) is 10.5. The number of nitrogens with zero attached hydrogens (tertiary/aromatic N) is 2. The lowest BCUT2D eigenvalue weighted by Crippen LogP contribution is -2.45. The van der Waals surface area contributed by atoms with E-state index in [0.717, 1.165) is 0 Å². The Kier molecular flexibility index (Phi) is 8.66. The van der Waals surface area contributed by atoms with Crippen LogP contribution in [0.3, 0.4) is 0 Å². The molecule has 0 atom stereocenters. The fraction of sp³-hybridized carbons (Fsp3) is 1.00. The molecule has 3 N–H and O–H groups in total. The molecule has 0 aliphatic carbocycles. The third-order valence-electron chi connectivity index (χ3n) is 2.29. The van der Waals surface area contributed by atoms with E-state index in [1.807, 2.05) is 0 Å². The predicted molar refractivity (Wildman–Crippen MR) is 65.8 cm³/mol. The number of ether oxygens (including phenoxy) is 1. The number of aliphatic hydroxyl groups excluding tert-OH is 1. The Morgan fingerprint density at radius 1 is 1.29 bits per heavy atom. The zero-order chi connectivity index (χ0) is 13.3. The molecule has 0 radical (unpaired) electrons. The highest BCUT2D eigenvalue weighted by Crippen LogP contribution is 2.06. The number of aliphatic hydroxyl groups is 1. The molecular formula is C9H23N3O4S. The second-order valence-corrected chi connectivity index (χ2v) is 5.62. The maximum absolute atomic E-state index is 12.1. The van der Waals surface area contributed by atoms with E-state index in [0.29, 0.717) is 26.1 Å². The van der Waals surface area contributed by atoms with Gasteiger partial charge in [-0.15, -0.1) is 0 Å². The topological polar surface area (TPSA) is 96.1 Å². The van der Waals surface area contributed by atoms with Crippen molar-refractivity contribution in [2.24, 2.45) is 5.73 Å². The van der Waals surface area contributed by atoms with Crippen LogP contribution >= 0.6 is 0 Å². The molecule has 0 saturated carbocycles. The van der Waals surface area contributed by atoms with Crippen LogP contribution in [-0.4, -0.2) is 75.7 Å². The summed E-state index contributed by atoms with van der Waals surface area (Å²) < 4.78 is 31.4. The van der Waals surface area contributed by atoms with Crippen molar-refractivity contribution in [2.45, 2.75) is 6.42 Å². The first-order valence-electron chi connectivity index (χ1n) is 5.52. The summed E-state index contributed by atoms with van der Waals surface area (Å²) in [6.45, 7) is 1.19. The highest BCUT2D eigenvalue weighted by molar-refractivity contribution is 7.86. The molecule has 0 fully saturated rings. The van der Waals surface area contributed by atoms with Gasteiger partial charge in [-0.25, -0.2) is 0 Å². The molecule has 0 bridgehead atoms. The zero-order valence-corrected chi connectivity index (χ0v) is 11.3. The Bertz CT molecular complexity index is 284. The van der Waals surface area contributed by atoms with Crippen LogP contribution in [0.5, 0.6) is 0 Å². The van der Waals surface area contributed by atoms with Crippen molar-refractivity contribution in [2.75, 3.05) is 53.6 Å². The van der Waals surface area contributed by atoms with Crippen LogP contribution in [0.25, 0.3) is 0 Å². The average molecular weight is 269 g/mol. The molecule has 0 unspecified atom stereocenters. The Hall–Kier alpha value is -0.250. The van der Waals surface area contributed by atoms with Gasteiger partial charge in [-0.05, 0) is 13.0 Å². The Labute approximate surface area is 103 Å². The molecule has 0 aliphatic rings. The van der Waals surface area contributed by atoms with Crippen LogP contribution in [0, 0.1) is 0 Å². The van der Waals surface area contributed by atoms with Gasteiger partial charge in [-0.1, -0.05) is 0 Å². The van der Waals surface area contributed by atoms with E-state index in [9.17, 15) is 8.42 Å². The second-order valence-electron chi connectivity index (χ2n) is 3.59. The summed E-state index contributed by atoms with van der Waals surface area (Å²) in [5.74, 6) is 0. The van der Waals surface area contributed by atoms with E-state index in [1.54, 1.807) is 0 Å². The molecule has 0 spiro atoms. The fourth-order valence-electron chi connectivity index (χ4n) is 1.27. The van der Waals surface area contributed by atoms with E-state index in [1.165, 1.54) is 22.8 Å². The van der Waals surface area contributed by atoms with Gasteiger partial charge in [0.2, 0.25) is 0 Å². The largest absolute Gasteiger partial charge is 0.395 e. The van der Waals surface area contributed by atoms with E-state index in [2.05, 4.69) is 0 Å². The highest BCUT2D eigenvalue weighted by atomic mass is 32.2. The fourth-order valence-corrected chi connectivity index (χ4v) is 2.65. The highest BCUT2D eigenvalue weighted by Gasteiger charge is 2.25. The Morgan fingerprint density at radius 3 is 2.41 bits per heavy atom. The molecule has 0 aromatic rings. The third-order valence-corrected chi connectivity index (χ3v) is 4.28. The first-order chi connectivity index (χ1) is 8.00. The average Bonchev–Trinajstić information content (AvgIpc) is 2.31. The lowest BCUT2D eigenvalue weighted by molar-refractivity contribution is 0.165. The van der Waals surface area contributed by atoms with Gasteiger partial charge in [0.25, 0.3) is 10.2 Å². The molecule has 0 rings (SSSR count). The van der Waals surface area contributed by atoms with Crippen LogP contribution in [0.2, 0.25) is 0 Å². The third kappa shape index (κ3) is 5.75. The van der Waals surface area contributed by atoms with Crippen LogP contribution in [0.15, 0.2) is 0 Å². The molecule has 0 heterocycles. The van der Waals surface area contributed by atoms with Crippen molar-refractivity contribution >= 4 is 10.2 Å². The lowest BCUT2D eigenvalue weighted by atomic mass is 10.4. The summed E-state index contributed by atoms with van der Waals surface area (Å²) in [4.78, 5) is 0. The van der Waals surface area contributed by atoms with E-state index in [4.69, 9.17) is 15.6 Å². The quantitative estimate of drug-likeness (QED) is 0.501. The summed E-state index contributed by atoms with van der Waals surface area (Å²) in [7, 11) is -0.533. The summed E-state index contributed by atoms with van der Waals surface area (Å²) in [6.07, 6.45) is 0.604. The van der Waals surface area contributed by atoms with Crippen LogP contribution < -0.4 is 5.73 Å². The molecule has 0 aromatic heterocycles. The molecule has 8 heteroatoms. The van der Waals surface area contributed by atoms with Crippen molar-refractivity contribution in [1.29, 1.82) is 0 Å². The number of rotatable bonds is 10. The van der Waals surface area contributed by atoms with Crippen molar-refractivity contribution in [3.05, 3.63) is 0 Å². The van der Waals surface area contributed by atoms with Crippen molar-refractivity contribution in [3.63, 3.8) is 0 Å². The number of methoxy groups -OCH3 is 1. The molecule has 7 nitrogen and oxygen atoms in total. The second kappa shape index (κ2) is 8.78. The van der Waals surface area contributed by atoms with Gasteiger partial charge in [0.15, 0.2) is 0 Å². The van der Waals surface area contributed by atoms with Gasteiger partial charge in [0, 0.05) is 33.8 Å². The molecule has 17 heavy (non-hydrogen) atoms. The first-order valence-corrected chi connectivity index (χ1v) is 6.91. The van der Waals surface area contributed by atoms with Gasteiger partial charge >= 0.3 is 0 Å². The Balaban J connectivity index is 4.57. The molecule has 0 aliphatic heterocycles. The molecular weight excluding hydrogens is 246 g/mol. The van der Waals surface area contributed by atoms with Gasteiger partial charge in [-0.3, -0.25) is 0 Å². The number of hydrogen-bond acceptors (Lipinski definition) is 5. The summed E-state index contributed by atoms with van der Waals surface area (Å²) in [5, 5.41) is 8.87. The minimum absolute atomic E-state index is 0.0681. The number of nitrogens with two attached hydrogens (primary N) is 1. The van der Waals surface area contributed by atoms with Gasteiger partial charge in [0.1, 0.15) is 0 Å². The van der Waals surface area contributed by atoms with E-state index in [-0.39, 0.29) is 19.7 Å². The van der Waals surface area contributed by atoms with Gasteiger partial charge < -0.3 is 15.6 Å².